The van der Waals surface area contributed by atoms with Crippen molar-refractivity contribution >= 4 is 0 Å². The first-order valence-corrected chi connectivity index (χ1v) is 4.32. The molecule has 2 nitrogen and oxygen atoms in total. The minimum absolute atomic E-state index is 0. The Balaban J connectivity index is -0.0000000674. The Kier molecular flexibility index (Phi) is 34.8. The van der Waals surface area contributed by atoms with Gasteiger partial charge in [-0.05, 0) is 0 Å². The van der Waals surface area contributed by atoms with Crippen LogP contribution in [0, 0.1) is 26.8 Å². The van der Waals surface area contributed by atoms with Gasteiger partial charge in [-0.15, -0.1) is 6.92 Å². The molecule has 15 heavy (non-hydrogen) atoms. The summed E-state index contributed by atoms with van der Waals surface area (Å²) in [6.45, 7) is 12.6. The molecule has 1 heterocycles. The first-order chi connectivity index (χ1) is 6.13. The van der Waals surface area contributed by atoms with Gasteiger partial charge >= 0.3 is 0 Å². The first-order valence-electron chi connectivity index (χ1n) is 4.32. The Morgan fingerprint density at radius 3 is 1.87 bits per heavy atom. The van der Waals surface area contributed by atoms with Gasteiger partial charge < -0.3 is 24.6 Å². The number of nitrogens with two attached hydrogens (primary N) is 1. The Bertz CT molecular complexity index is 176. The van der Waals surface area contributed by atoms with Crippen molar-refractivity contribution in [3.05, 3.63) is 43.9 Å². The summed E-state index contributed by atoms with van der Waals surface area (Å²) < 4.78 is 0. The standard InChI is InChI=1S/C6H6N.C3H7N.C2H6.2Y/c1-6-3-2-4-7-5-6;1-3(2)4;1-2;;/h3-5H,1H3;3H,1-2,4H2;1-2H3;;/q-1;-2;;;. The van der Waals surface area contributed by atoms with E-state index in [0.29, 0.717) is 0 Å². The molecule has 1 rings (SSSR count). The van der Waals surface area contributed by atoms with E-state index in [-0.39, 0.29) is 71.5 Å². The van der Waals surface area contributed by atoms with Crippen LogP contribution in [-0.2, 0) is 65.4 Å². The largest absolute Gasteiger partial charge is 0.386 e. The van der Waals surface area contributed by atoms with Crippen LogP contribution in [0.4, 0.5) is 0 Å². The van der Waals surface area contributed by atoms with Crippen LogP contribution in [0.25, 0.3) is 0 Å². The fourth-order valence-corrected chi connectivity index (χ4v) is 0.404. The summed E-state index contributed by atoms with van der Waals surface area (Å²) in [4.78, 5) is 3.83. The van der Waals surface area contributed by atoms with Gasteiger partial charge in [-0.3, -0.25) is 6.04 Å². The molecule has 82 valence electrons. The van der Waals surface area contributed by atoms with E-state index in [1.165, 1.54) is 0 Å². The minimum atomic E-state index is -0.167. The van der Waals surface area contributed by atoms with Crippen LogP contribution in [0.1, 0.15) is 19.4 Å². The summed E-state index contributed by atoms with van der Waals surface area (Å²) in [5, 5.41) is 0. The van der Waals surface area contributed by atoms with Crippen molar-refractivity contribution in [2.75, 3.05) is 0 Å². The number of pyridine rings is 1. The number of aryl methyl sites for hydroxylation is 1. The third-order valence-corrected chi connectivity index (χ3v) is 0.738. The van der Waals surface area contributed by atoms with Gasteiger partial charge in [-0.2, -0.15) is 5.56 Å². The predicted molar refractivity (Wildman–Crippen MR) is 57.8 cm³/mol. The molecule has 0 aliphatic carbocycles. The van der Waals surface area contributed by atoms with Gasteiger partial charge in [0, 0.05) is 65.4 Å². The van der Waals surface area contributed by atoms with Gasteiger partial charge in [0.05, 0.1) is 0 Å². The topological polar surface area (TPSA) is 38.9 Å². The van der Waals surface area contributed by atoms with Crippen molar-refractivity contribution in [1.29, 1.82) is 0 Å². The van der Waals surface area contributed by atoms with E-state index in [4.69, 9.17) is 5.73 Å². The van der Waals surface area contributed by atoms with Crippen LogP contribution in [0.2, 0.25) is 0 Å². The molecule has 1 aromatic rings. The number of nitrogens with zero attached hydrogens (tertiary/aromatic N) is 1. The molecule has 0 unspecified atom stereocenters. The number of rotatable bonds is 0. The molecule has 0 saturated carbocycles. The van der Waals surface area contributed by atoms with Gasteiger partial charge in [0.1, 0.15) is 0 Å². The fourth-order valence-electron chi connectivity index (χ4n) is 0.404. The number of hydrogen-bond donors (Lipinski definition) is 1. The molecule has 0 saturated heterocycles. The molecule has 4 heteroatoms. The summed E-state index contributed by atoms with van der Waals surface area (Å²) in [6.07, 6.45) is 3.45. The van der Waals surface area contributed by atoms with E-state index in [1.807, 2.05) is 26.8 Å². The molecule has 2 radical (unpaired) electrons. The summed E-state index contributed by atoms with van der Waals surface area (Å²) in [6, 6.07) is 4.58. The zero-order chi connectivity index (χ0) is 10.7. The fraction of sp³-hybridized carbons (Fsp3) is 0.364. The van der Waals surface area contributed by atoms with Crippen molar-refractivity contribution in [1.82, 2.24) is 4.98 Å². The van der Waals surface area contributed by atoms with Crippen molar-refractivity contribution in [3.63, 3.8) is 0 Å². The zero-order valence-corrected chi connectivity index (χ0v) is 15.6. The molecular formula is C11H19N2Y2-3. The Labute approximate surface area is 145 Å². The Hall–Kier alpha value is 1.32. The normalized spacial score (nSPS) is 6.87. The van der Waals surface area contributed by atoms with Gasteiger partial charge in [0.15, 0.2) is 0 Å². The number of aromatic nitrogens is 1. The molecule has 1 aromatic heterocycles. The summed E-state index contributed by atoms with van der Waals surface area (Å²) in [5.41, 5.74) is 6.04. The van der Waals surface area contributed by atoms with Crippen molar-refractivity contribution in [3.8, 4) is 0 Å². The molecule has 0 bridgehead atoms. The maximum atomic E-state index is 4.89. The quantitative estimate of drug-likeness (QED) is 0.724. The Morgan fingerprint density at radius 1 is 1.33 bits per heavy atom. The molecule has 0 amide bonds. The van der Waals surface area contributed by atoms with E-state index in [9.17, 15) is 0 Å². The van der Waals surface area contributed by atoms with Crippen LogP contribution in [0.3, 0.4) is 0 Å². The minimum Gasteiger partial charge on any atom is -0.386 e. The van der Waals surface area contributed by atoms with Crippen LogP contribution in [-0.4, -0.2) is 11.0 Å². The Morgan fingerprint density at radius 2 is 1.73 bits per heavy atom. The van der Waals surface area contributed by atoms with E-state index < -0.39 is 0 Å². The predicted octanol–water partition coefficient (Wildman–Crippen LogP) is 2.19. The second-order valence-corrected chi connectivity index (χ2v) is 2.22. The third kappa shape index (κ3) is 31.3. The zero-order valence-electron chi connectivity index (χ0n) is 9.90. The molecule has 0 spiro atoms. The summed E-state index contributed by atoms with van der Waals surface area (Å²) >= 11 is 0. The van der Waals surface area contributed by atoms with E-state index >= 15 is 0 Å². The molecule has 0 aliphatic rings. The molecular weight excluding hydrogens is 338 g/mol. The average Bonchev–Trinajstić information content (AvgIpc) is 2.08. The molecule has 2 N–H and O–H groups in total. The molecule has 0 aromatic carbocycles. The van der Waals surface area contributed by atoms with Crippen molar-refractivity contribution in [2.24, 2.45) is 5.73 Å². The number of hydrogen-bond acceptors (Lipinski definition) is 2. The van der Waals surface area contributed by atoms with E-state index in [2.05, 4.69) is 24.9 Å². The van der Waals surface area contributed by atoms with Crippen LogP contribution >= 0.6 is 0 Å². The van der Waals surface area contributed by atoms with Gasteiger partial charge in [0.25, 0.3) is 0 Å². The molecule has 0 aliphatic heterocycles. The van der Waals surface area contributed by atoms with E-state index in [0.717, 1.165) is 5.56 Å². The molecule has 0 fully saturated rings. The van der Waals surface area contributed by atoms with Crippen molar-refractivity contribution < 1.29 is 65.4 Å². The SMILES string of the molecule is CC.Cc1c[c-]cnc1.[CH2-]C([CH2-])N.[Y].[Y]. The van der Waals surface area contributed by atoms with E-state index in [1.54, 1.807) is 12.4 Å². The van der Waals surface area contributed by atoms with Crippen LogP contribution in [0.15, 0.2) is 18.5 Å². The monoisotopic (exact) mass is 357 g/mol. The van der Waals surface area contributed by atoms with Crippen molar-refractivity contribution in [2.45, 2.75) is 26.8 Å². The molecule has 0 atom stereocenters. The third-order valence-electron chi connectivity index (χ3n) is 0.738. The maximum absolute atomic E-state index is 4.89. The second-order valence-electron chi connectivity index (χ2n) is 2.22. The summed E-state index contributed by atoms with van der Waals surface area (Å²) in [7, 11) is 0. The smallest absolute Gasteiger partial charge is 0 e. The van der Waals surface area contributed by atoms with Gasteiger partial charge in [-0.25, -0.2) is 12.1 Å². The van der Waals surface area contributed by atoms with Crippen LogP contribution in [0.5, 0.6) is 0 Å². The summed E-state index contributed by atoms with van der Waals surface area (Å²) in [5.74, 6) is 0. The maximum Gasteiger partial charge on any atom is 0 e. The van der Waals surface area contributed by atoms with Gasteiger partial charge in [0.2, 0.25) is 0 Å². The average molecular weight is 357 g/mol. The second kappa shape index (κ2) is 20.7. The van der Waals surface area contributed by atoms with Gasteiger partial charge in [-0.1, -0.05) is 26.2 Å². The van der Waals surface area contributed by atoms with Crippen LogP contribution < -0.4 is 5.73 Å². The first kappa shape index (κ1) is 25.2.